The van der Waals surface area contributed by atoms with E-state index >= 15 is 0 Å². The average molecular weight is 408 g/mol. The highest BCUT2D eigenvalue weighted by Crippen LogP contribution is 2.41. The van der Waals surface area contributed by atoms with Gasteiger partial charge in [-0.25, -0.2) is 4.98 Å². The molecule has 154 valence electrons. The largest absolute Gasteiger partial charge is 0.378 e. The van der Waals surface area contributed by atoms with Crippen molar-refractivity contribution in [1.82, 2.24) is 9.55 Å². The van der Waals surface area contributed by atoms with E-state index < -0.39 is 0 Å². The highest BCUT2D eigenvalue weighted by Gasteiger charge is 2.36. The van der Waals surface area contributed by atoms with Gasteiger partial charge in [0, 0.05) is 39.8 Å². The highest BCUT2D eigenvalue weighted by atomic mass is 15.1. The maximum absolute atomic E-state index is 4.94. The topological polar surface area (TPSA) is 24.9 Å². The SMILES string of the molecule is CC1=C(c2ccccc2)/C(=C\c2ccc(N(C)C)cc2)c2c3nc(C)n(C)c3cc[n+]21. The quantitative estimate of drug-likeness (QED) is 0.437. The number of aryl methyl sites for hydroxylation is 2. The van der Waals surface area contributed by atoms with Gasteiger partial charge in [0.05, 0.1) is 16.7 Å². The van der Waals surface area contributed by atoms with Crippen molar-refractivity contribution in [3.63, 3.8) is 0 Å². The van der Waals surface area contributed by atoms with Crippen molar-refractivity contribution in [3.05, 3.63) is 89.5 Å². The minimum atomic E-state index is 1.02. The molecule has 0 atom stereocenters. The molecule has 4 aromatic rings. The molecule has 0 saturated carbocycles. The smallest absolute Gasteiger partial charge is 0.247 e. The predicted octanol–water partition coefficient (Wildman–Crippen LogP) is 5.18. The summed E-state index contributed by atoms with van der Waals surface area (Å²) in [5.41, 5.74) is 10.7. The molecule has 4 heteroatoms. The Balaban J connectivity index is 1.78. The van der Waals surface area contributed by atoms with Gasteiger partial charge in [0.15, 0.2) is 17.4 Å². The number of pyridine rings is 1. The molecule has 0 unspecified atom stereocenters. The Morgan fingerprint density at radius 2 is 1.65 bits per heavy atom. The van der Waals surface area contributed by atoms with E-state index in [-0.39, 0.29) is 0 Å². The maximum Gasteiger partial charge on any atom is 0.247 e. The summed E-state index contributed by atoms with van der Waals surface area (Å²) in [6.07, 6.45) is 4.47. The average Bonchev–Trinajstić information content (AvgIpc) is 3.22. The number of benzene rings is 2. The van der Waals surface area contributed by atoms with Crippen LogP contribution in [0.3, 0.4) is 0 Å². The first-order valence-electron chi connectivity index (χ1n) is 10.6. The fraction of sp³-hybridized carbons (Fsp3) is 0.185. The normalized spacial score (nSPS) is 14.5. The van der Waals surface area contributed by atoms with Crippen molar-refractivity contribution < 1.29 is 4.57 Å². The van der Waals surface area contributed by atoms with Crippen molar-refractivity contribution in [3.8, 4) is 0 Å². The van der Waals surface area contributed by atoms with E-state index in [1.807, 2.05) is 0 Å². The van der Waals surface area contributed by atoms with Gasteiger partial charge in [0.2, 0.25) is 5.69 Å². The zero-order valence-electron chi connectivity index (χ0n) is 18.7. The second-order valence-electron chi connectivity index (χ2n) is 8.36. The summed E-state index contributed by atoms with van der Waals surface area (Å²) in [7, 11) is 6.21. The molecule has 0 saturated heterocycles. The minimum Gasteiger partial charge on any atom is -0.378 e. The molecule has 2 aromatic heterocycles. The zero-order valence-corrected chi connectivity index (χ0v) is 18.7. The summed E-state index contributed by atoms with van der Waals surface area (Å²) in [6, 6.07) is 21.5. The Hall–Kier alpha value is -3.66. The Morgan fingerprint density at radius 3 is 2.32 bits per heavy atom. The fourth-order valence-corrected chi connectivity index (χ4v) is 4.44. The molecule has 4 nitrogen and oxygen atoms in total. The van der Waals surface area contributed by atoms with Crippen molar-refractivity contribution >= 4 is 39.6 Å². The van der Waals surface area contributed by atoms with Crippen LogP contribution in [0.1, 0.15) is 29.6 Å². The zero-order chi connectivity index (χ0) is 21.7. The number of hydrogen-bond acceptors (Lipinski definition) is 2. The van der Waals surface area contributed by atoms with Gasteiger partial charge in [-0.05, 0) is 36.3 Å². The molecule has 0 radical (unpaired) electrons. The van der Waals surface area contributed by atoms with Crippen LogP contribution >= 0.6 is 0 Å². The summed E-state index contributed by atoms with van der Waals surface area (Å²) < 4.78 is 4.45. The van der Waals surface area contributed by atoms with Gasteiger partial charge in [-0.1, -0.05) is 42.5 Å². The van der Waals surface area contributed by atoms with Gasteiger partial charge in [-0.15, -0.1) is 0 Å². The predicted molar refractivity (Wildman–Crippen MR) is 130 cm³/mol. The highest BCUT2D eigenvalue weighted by molar-refractivity contribution is 6.19. The number of fused-ring (bicyclic) bond motifs is 3. The van der Waals surface area contributed by atoms with E-state index in [0.717, 1.165) is 22.6 Å². The Labute approximate surface area is 183 Å². The summed E-state index contributed by atoms with van der Waals surface area (Å²) in [5.74, 6) is 1.02. The van der Waals surface area contributed by atoms with Crippen LogP contribution in [0.5, 0.6) is 0 Å². The number of anilines is 1. The maximum atomic E-state index is 4.94. The van der Waals surface area contributed by atoms with Crippen molar-refractivity contribution in [2.45, 2.75) is 13.8 Å². The molecule has 0 spiro atoms. The Kier molecular flexibility index (Phi) is 4.51. The molecule has 5 rings (SSSR count). The van der Waals surface area contributed by atoms with Gasteiger partial charge in [0.1, 0.15) is 5.82 Å². The third-order valence-corrected chi connectivity index (χ3v) is 6.24. The molecular weight excluding hydrogens is 380 g/mol. The van der Waals surface area contributed by atoms with Crippen LogP contribution < -0.4 is 9.47 Å². The molecule has 1 aliphatic heterocycles. The van der Waals surface area contributed by atoms with Gasteiger partial charge in [-0.3, -0.25) is 0 Å². The third-order valence-electron chi connectivity index (χ3n) is 6.24. The molecule has 0 amide bonds. The second-order valence-corrected chi connectivity index (χ2v) is 8.36. The van der Waals surface area contributed by atoms with Crippen LogP contribution in [-0.4, -0.2) is 23.6 Å². The molecule has 3 heterocycles. The van der Waals surface area contributed by atoms with Crippen molar-refractivity contribution in [2.75, 3.05) is 19.0 Å². The molecule has 1 aliphatic rings. The van der Waals surface area contributed by atoms with E-state index in [1.54, 1.807) is 0 Å². The molecular formula is C27H27N4+. The van der Waals surface area contributed by atoms with Gasteiger partial charge < -0.3 is 9.47 Å². The minimum absolute atomic E-state index is 1.02. The number of allylic oxidation sites excluding steroid dienone is 3. The molecule has 31 heavy (non-hydrogen) atoms. The van der Waals surface area contributed by atoms with Gasteiger partial charge >= 0.3 is 0 Å². The van der Waals surface area contributed by atoms with E-state index in [1.165, 1.54) is 33.7 Å². The number of nitrogens with zero attached hydrogens (tertiary/aromatic N) is 4. The second kappa shape index (κ2) is 7.24. The van der Waals surface area contributed by atoms with E-state index in [2.05, 4.69) is 122 Å². The first-order valence-corrected chi connectivity index (χ1v) is 10.6. The van der Waals surface area contributed by atoms with Crippen LogP contribution in [0.4, 0.5) is 5.69 Å². The first kappa shape index (κ1) is 19.3. The standard InChI is InChI=1S/C27H27N4/c1-18-25(21-9-7-6-8-10-21)23(17-20-11-13-22(14-12-20)29(3)4)27-26-24(15-16-31(18)27)30(5)19(2)28-26/h6-17H,1-5H3/q+1. The monoisotopic (exact) mass is 407 g/mol. The lowest BCUT2D eigenvalue weighted by Gasteiger charge is -2.12. The summed E-state index contributed by atoms with van der Waals surface area (Å²) >= 11 is 0. The molecule has 0 aliphatic carbocycles. The Morgan fingerprint density at radius 1 is 0.935 bits per heavy atom. The van der Waals surface area contributed by atoms with E-state index in [4.69, 9.17) is 4.98 Å². The van der Waals surface area contributed by atoms with E-state index in [9.17, 15) is 0 Å². The molecule has 0 bridgehead atoms. The lowest BCUT2D eigenvalue weighted by atomic mass is 9.94. The van der Waals surface area contributed by atoms with Crippen LogP contribution in [0.25, 0.3) is 34.0 Å². The van der Waals surface area contributed by atoms with Crippen molar-refractivity contribution in [1.29, 1.82) is 0 Å². The van der Waals surface area contributed by atoms with Crippen molar-refractivity contribution in [2.24, 2.45) is 7.05 Å². The third kappa shape index (κ3) is 3.07. The molecule has 0 N–H and O–H groups in total. The lowest BCUT2D eigenvalue weighted by Crippen LogP contribution is -2.31. The van der Waals surface area contributed by atoms with Gasteiger partial charge in [0.25, 0.3) is 0 Å². The molecule has 0 fully saturated rings. The lowest BCUT2D eigenvalue weighted by molar-refractivity contribution is -0.578. The number of imidazole rings is 1. The van der Waals surface area contributed by atoms with E-state index in [0.29, 0.717) is 0 Å². The summed E-state index contributed by atoms with van der Waals surface area (Å²) in [5, 5.41) is 0. The number of hydrogen-bond donors (Lipinski definition) is 0. The van der Waals surface area contributed by atoms with Crippen LogP contribution in [0, 0.1) is 6.92 Å². The number of rotatable bonds is 3. The first-order chi connectivity index (χ1) is 15.0. The summed E-state index contributed by atoms with van der Waals surface area (Å²) in [4.78, 5) is 7.07. The molecule has 2 aromatic carbocycles. The number of aromatic nitrogens is 3. The van der Waals surface area contributed by atoms with Crippen LogP contribution in [0.2, 0.25) is 0 Å². The summed E-state index contributed by atoms with van der Waals surface area (Å²) in [6.45, 7) is 4.26. The van der Waals surface area contributed by atoms with Crippen LogP contribution in [0.15, 0.2) is 66.9 Å². The Bertz CT molecular complexity index is 1350. The fourth-order valence-electron chi connectivity index (χ4n) is 4.44. The van der Waals surface area contributed by atoms with Gasteiger partial charge in [-0.2, -0.15) is 4.57 Å². The van der Waals surface area contributed by atoms with Crippen LogP contribution in [-0.2, 0) is 7.05 Å².